The summed E-state index contributed by atoms with van der Waals surface area (Å²) in [7, 11) is 0. The smallest absolute Gasteiger partial charge is 0.157 e. The summed E-state index contributed by atoms with van der Waals surface area (Å²) in [5.41, 5.74) is -1.19. The van der Waals surface area contributed by atoms with Crippen molar-refractivity contribution in [2.45, 2.75) is 31.8 Å². The van der Waals surface area contributed by atoms with E-state index in [1.807, 2.05) is 22.6 Å². The molecule has 2 nitrogen and oxygen atoms in total. The zero-order valence-electron chi connectivity index (χ0n) is 7.31. The first-order valence-corrected chi connectivity index (χ1v) is 5.60. The molecule has 0 aliphatic carbocycles. The molecule has 0 spiro atoms. The fraction of sp³-hybridized carbons (Fsp3) is 0.778. The van der Waals surface area contributed by atoms with Crippen LogP contribution in [0.25, 0.3) is 0 Å². The highest BCUT2D eigenvalue weighted by Gasteiger charge is 2.20. The first-order valence-electron chi connectivity index (χ1n) is 4.07. The number of halogens is 1. The summed E-state index contributed by atoms with van der Waals surface area (Å²) in [4.78, 5) is 0. The molecule has 0 saturated heterocycles. The van der Waals surface area contributed by atoms with E-state index < -0.39 is 5.60 Å². The van der Waals surface area contributed by atoms with Crippen LogP contribution in [0.3, 0.4) is 0 Å². The van der Waals surface area contributed by atoms with Gasteiger partial charge in [-0.2, -0.15) is 0 Å². The van der Waals surface area contributed by atoms with E-state index >= 15 is 0 Å². The molecule has 0 radical (unpaired) electrons. The summed E-state index contributed by atoms with van der Waals surface area (Å²) in [5.74, 6) is 5.54. The summed E-state index contributed by atoms with van der Waals surface area (Å²) in [6, 6.07) is 0. The van der Waals surface area contributed by atoms with E-state index in [2.05, 4.69) is 18.8 Å². The Morgan fingerprint density at radius 1 is 1.50 bits per heavy atom. The molecule has 3 heteroatoms. The van der Waals surface area contributed by atoms with E-state index in [0.29, 0.717) is 4.43 Å². The Bertz CT molecular complexity index is 165. The third-order valence-corrected chi connectivity index (χ3v) is 2.72. The molecular weight excluding hydrogens is 267 g/mol. The summed E-state index contributed by atoms with van der Waals surface area (Å²) in [5, 5.41) is 18.3. The van der Waals surface area contributed by atoms with Crippen molar-refractivity contribution in [1.82, 2.24) is 0 Å². The SMILES string of the molecule is CCCCC#C[C@](O)(CO)CI. The van der Waals surface area contributed by atoms with E-state index in [1.54, 1.807) is 0 Å². The van der Waals surface area contributed by atoms with Crippen LogP contribution in [0.15, 0.2) is 0 Å². The zero-order valence-corrected chi connectivity index (χ0v) is 9.47. The lowest BCUT2D eigenvalue weighted by Gasteiger charge is -2.14. The Kier molecular flexibility index (Phi) is 6.81. The lowest BCUT2D eigenvalue weighted by Crippen LogP contribution is -2.33. The normalized spacial score (nSPS) is 14.7. The number of rotatable bonds is 4. The topological polar surface area (TPSA) is 40.5 Å². The predicted molar refractivity (Wildman–Crippen MR) is 58.2 cm³/mol. The first-order chi connectivity index (χ1) is 5.68. The maximum atomic E-state index is 9.50. The van der Waals surface area contributed by atoms with Crippen molar-refractivity contribution < 1.29 is 10.2 Å². The molecule has 1 atom stereocenters. The van der Waals surface area contributed by atoms with E-state index in [0.717, 1.165) is 19.3 Å². The van der Waals surface area contributed by atoms with Gasteiger partial charge in [-0.05, 0) is 6.42 Å². The van der Waals surface area contributed by atoms with Gasteiger partial charge in [-0.1, -0.05) is 41.9 Å². The minimum Gasteiger partial charge on any atom is -0.392 e. The highest BCUT2D eigenvalue weighted by Crippen LogP contribution is 2.06. The average Bonchev–Trinajstić information content (AvgIpc) is 2.12. The van der Waals surface area contributed by atoms with Crippen LogP contribution in [0, 0.1) is 11.8 Å². The molecule has 70 valence electrons. The van der Waals surface area contributed by atoms with Gasteiger partial charge in [-0.15, -0.1) is 5.92 Å². The van der Waals surface area contributed by atoms with Gasteiger partial charge in [0, 0.05) is 10.8 Å². The van der Waals surface area contributed by atoms with E-state index in [4.69, 9.17) is 5.11 Å². The summed E-state index contributed by atoms with van der Waals surface area (Å²) < 4.78 is 0.445. The fourth-order valence-electron chi connectivity index (χ4n) is 0.607. The van der Waals surface area contributed by atoms with Crippen LogP contribution in [0.4, 0.5) is 0 Å². The van der Waals surface area contributed by atoms with E-state index in [9.17, 15) is 5.11 Å². The first kappa shape index (κ1) is 12.2. The fourth-order valence-corrected chi connectivity index (χ4v) is 1.04. The number of unbranched alkanes of at least 4 members (excludes halogenated alkanes) is 2. The summed E-state index contributed by atoms with van der Waals surface area (Å²) in [6.45, 7) is 1.81. The van der Waals surface area contributed by atoms with Crippen molar-refractivity contribution in [1.29, 1.82) is 0 Å². The summed E-state index contributed by atoms with van der Waals surface area (Å²) >= 11 is 2.01. The van der Waals surface area contributed by atoms with Crippen LogP contribution in [0.1, 0.15) is 26.2 Å². The molecule has 0 aromatic carbocycles. The molecule has 0 rings (SSSR count). The lowest BCUT2D eigenvalue weighted by molar-refractivity contribution is 0.0582. The van der Waals surface area contributed by atoms with Crippen LogP contribution in [0.5, 0.6) is 0 Å². The minimum absolute atomic E-state index is 0.283. The van der Waals surface area contributed by atoms with Gasteiger partial charge in [0.2, 0.25) is 0 Å². The molecular formula is C9H15IO2. The van der Waals surface area contributed by atoms with E-state index in [-0.39, 0.29) is 6.61 Å². The Hall–Kier alpha value is 0.210. The second kappa shape index (κ2) is 6.70. The molecule has 0 saturated carbocycles. The Labute approximate surface area is 87.5 Å². The highest BCUT2D eigenvalue weighted by atomic mass is 127. The van der Waals surface area contributed by atoms with Crippen molar-refractivity contribution in [3.05, 3.63) is 0 Å². The third-order valence-electron chi connectivity index (χ3n) is 1.46. The second-order valence-electron chi connectivity index (χ2n) is 2.73. The Morgan fingerprint density at radius 2 is 2.17 bits per heavy atom. The number of hydrogen-bond acceptors (Lipinski definition) is 2. The van der Waals surface area contributed by atoms with Crippen LogP contribution in [-0.4, -0.2) is 26.8 Å². The van der Waals surface area contributed by atoms with Crippen LogP contribution >= 0.6 is 22.6 Å². The molecule has 12 heavy (non-hydrogen) atoms. The maximum Gasteiger partial charge on any atom is 0.157 e. The minimum atomic E-state index is -1.19. The van der Waals surface area contributed by atoms with Gasteiger partial charge in [0.25, 0.3) is 0 Å². The van der Waals surface area contributed by atoms with Gasteiger partial charge in [0.05, 0.1) is 6.61 Å². The molecule has 0 fully saturated rings. The Morgan fingerprint density at radius 3 is 2.58 bits per heavy atom. The average molecular weight is 282 g/mol. The molecule has 0 aromatic heterocycles. The van der Waals surface area contributed by atoms with Gasteiger partial charge in [0.15, 0.2) is 5.60 Å². The van der Waals surface area contributed by atoms with Crippen molar-refractivity contribution in [3.63, 3.8) is 0 Å². The highest BCUT2D eigenvalue weighted by molar-refractivity contribution is 14.1. The van der Waals surface area contributed by atoms with Crippen LogP contribution in [0.2, 0.25) is 0 Å². The van der Waals surface area contributed by atoms with Crippen LogP contribution in [-0.2, 0) is 0 Å². The molecule has 0 aromatic rings. The van der Waals surface area contributed by atoms with Crippen molar-refractivity contribution in [2.24, 2.45) is 0 Å². The largest absolute Gasteiger partial charge is 0.392 e. The predicted octanol–water partition coefficient (Wildman–Crippen LogP) is 1.34. The van der Waals surface area contributed by atoms with Gasteiger partial charge in [-0.25, -0.2) is 0 Å². The van der Waals surface area contributed by atoms with Crippen molar-refractivity contribution in [3.8, 4) is 11.8 Å². The maximum absolute atomic E-state index is 9.50. The Balaban J connectivity index is 3.88. The number of aliphatic hydroxyl groups excluding tert-OH is 1. The van der Waals surface area contributed by atoms with Gasteiger partial charge >= 0.3 is 0 Å². The zero-order chi connectivity index (χ0) is 9.45. The molecule has 0 unspecified atom stereocenters. The molecule has 0 aliphatic rings. The molecule has 0 bridgehead atoms. The molecule has 0 heterocycles. The lowest BCUT2D eigenvalue weighted by atomic mass is 10.1. The van der Waals surface area contributed by atoms with Gasteiger partial charge in [0.1, 0.15) is 0 Å². The number of alkyl halides is 1. The molecule has 2 N–H and O–H groups in total. The number of hydrogen-bond donors (Lipinski definition) is 2. The quantitative estimate of drug-likeness (QED) is 0.353. The standard InChI is InChI=1S/C9H15IO2/c1-2-3-4-5-6-9(12,7-10)8-11/h11-12H,2-4,7-8H2,1H3/t9-/m1/s1. The summed E-state index contributed by atoms with van der Waals surface area (Å²) in [6.07, 6.45) is 2.96. The number of aliphatic hydroxyl groups is 2. The van der Waals surface area contributed by atoms with Crippen molar-refractivity contribution in [2.75, 3.05) is 11.0 Å². The monoisotopic (exact) mass is 282 g/mol. The van der Waals surface area contributed by atoms with E-state index in [1.165, 1.54) is 0 Å². The van der Waals surface area contributed by atoms with Crippen molar-refractivity contribution >= 4 is 22.6 Å². The third kappa shape index (κ3) is 4.96. The second-order valence-corrected chi connectivity index (χ2v) is 3.49. The van der Waals surface area contributed by atoms with Crippen LogP contribution < -0.4 is 0 Å². The van der Waals surface area contributed by atoms with Gasteiger partial charge < -0.3 is 10.2 Å². The molecule has 0 aliphatic heterocycles. The molecule has 0 amide bonds. The van der Waals surface area contributed by atoms with Gasteiger partial charge in [-0.3, -0.25) is 0 Å².